The summed E-state index contributed by atoms with van der Waals surface area (Å²) in [6.07, 6.45) is -10.8. The zero-order valence-corrected chi connectivity index (χ0v) is 14.8. The summed E-state index contributed by atoms with van der Waals surface area (Å²) in [6.45, 7) is 0. The van der Waals surface area contributed by atoms with Gasteiger partial charge in [-0.2, -0.15) is 39.5 Å². The van der Waals surface area contributed by atoms with E-state index in [1.54, 1.807) is 36.4 Å². The van der Waals surface area contributed by atoms with Crippen LogP contribution in [0.1, 0.15) is 18.1 Å². The predicted molar refractivity (Wildman–Crippen MR) is 87.1 cm³/mol. The lowest BCUT2D eigenvalue weighted by molar-refractivity contribution is -0.398. The van der Waals surface area contributed by atoms with Crippen molar-refractivity contribution < 1.29 is 44.3 Å². The minimum absolute atomic E-state index is 0.0837. The Labute approximate surface area is 160 Å². The quantitative estimate of drug-likeness (QED) is 0.434. The van der Waals surface area contributed by atoms with Crippen molar-refractivity contribution in [2.45, 2.75) is 36.5 Å². The molecule has 1 atom stereocenters. The van der Waals surface area contributed by atoms with E-state index in [1.165, 1.54) is 18.2 Å². The van der Waals surface area contributed by atoms with Crippen molar-refractivity contribution in [1.29, 1.82) is 0 Å². The van der Waals surface area contributed by atoms with Crippen molar-refractivity contribution in [2.75, 3.05) is 7.11 Å². The molecule has 1 nitrogen and oxygen atoms in total. The number of ether oxygens (including phenoxy) is 1. The van der Waals surface area contributed by atoms with Crippen LogP contribution in [0.3, 0.4) is 0 Å². The van der Waals surface area contributed by atoms with E-state index < -0.39 is 36.5 Å². The van der Waals surface area contributed by atoms with Crippen molar-refractivity contribution in [1.82, 2.24) is 0 Å². The maximum atomic E-state index is 14.0. The van der Waals surface area contributed by atoms with Crippen LogP contribution in [0.4, 0.5) is 39.5 Å². The van der Waals surface area contributed by atoms with Crippen LogP contribution in [0.2, 0.25) is 0 Å². The van der Waals surface area contributed by atoms with E-state index in [4.69, 9.17) is 4.74 Å². The SMILES string of the molecule is COC(CC(F)(F)C(F)(F)C(F)(F)C(F)(F)F)c1cccc(-c2ccccc2)c1. The summed E-state index contributed by atoms with van der Waals surface area (Å²) >= 11 is 0. The molecule has 2 aromatic rings. The number of halogens is 9. The molecule has 0 aliphatic rings. The van der Waals surface area contributed by atoms with E-state index in [1.807, 2.05) is 0 Å². The van der Waals surface area contributed by atoms with Gasteiger partial charge in [0.05, 0.1) is 6.10 Å². The highest BCUT2D eigenvalue weighted by Gasteiger charge is 2.81. The first-order valence-corrected chi connectivity index (χ1v) is 8.13. The molecule has 0 spiro atoms. The molecule has 0 radical (unpaired) electrons. The van der Waals surface area contributed by atoms with Gasteiger partial charge in [-0.05, 0) is 22.8 Å². The summed E-state index contributed by atoms with van der Waals surface area (Å²) in [5, 5.41) is 0. The fourth-order valence-corrected chi connectivity index (χ4v) is 2.66. The summed E-state index contributed by atoms with van der Waals surface area (Å²) < 4.78 is 123. The molecule has 0 aliphatic carbocycles. The first-order chi connectivity index (χ1) is 13.2. The van der Waals surface area contributed by atoms with Crippen LogP contribution < -0.4 is 0 Å². The summed E-state index contributed by atoms with van der Waals surface area (Å²) in [4.78, 5) is 0. The van der Waals surface area contributed by atoms with Gasteiger partial charge in [-0.1, -0.05) is 48.5 Å². The Bertz CT molecular complexity index is 816. The van der Waals surface area contributed by atoms with Gasteiger partial charge in [0, 0.05) is 13.5 Å². The lowest BCUT2D eigenvalue weighted by atomic mass is 9.93. The second-order valence-electron chi connectivity index (χ2n) is 6.27. The maximum Gasteiger partial charge on any atom is 0.460 e. The van der Waals surface area contributed by atoms with E-state index in [2.05, 4.69) is 0 Å². The summed E-state index contributed by atoms with van der Waals surface area (Å²) in [7, 11) is 0.857. The van der Waals surface area contributed by atoms with Crippen molar-refractivity contribution in [3.63, 3.8) is 0 Å². The van der Waals surface area contributed by atoms with Crippen LogP contribution in [0.25, 0.3) is 11.1 Å². The Balaban J connectivity index is 2.36. The molecule has 0 heterocycles. The third-order valence-electron chi connectivity index (χ3n) is 4.30. The molecule has 0 amide bonds. The van der Waals surface area contributed by atoms with Gasteiger partial charge in [0.15, 0.2) is 0 Å². The maximum absolute atomic E-state index is 14.0. The highest BCUT2D eigenvalue weighted by Crippen LogP contribution is 2.55. The number of hydrogen-bond acceptors (Lipinski definition) is 1. The lowest BCUT2D eigenvalue weighted by Gasteiger charge is -2.35. The molecule has 160 valence electrons. The minimum atomic E-state index is -6.92. The fraction of sp³-hybridized carbons (Fsp3) is 0.368. The van der Waals surface area contributed by atoms with E-state index in [0.717, 1.165) is 7.11 Å². The number of hydrogen-bond donors (Lipinski definition) is 0. The van der Waals surface area contributed by atoms with Gasteiger partial charge in [-0.15, -0.1) is 0 Å². The predicted octanol–water partition coefficient (Wildman–Crippen LogP) is 6.90. The van der Waals surface area contributed by atoms with Gasteiger partial charge in [0.1, 0.15) is 0 Å². The van der Waals surface area contributed by atoms with Crippen LogP contribution in [0.15, 0.2) is 54.6 Å². The number of rotatable bonds is 7. The molecule has 2 aromatic carbocycles. The van der Waals surface area contributed by atoms with Gasteiger partial charge >= 0.3 is 23.9 Å². The van der Waals surface area contributed by atoms with Crippen LogP contribution in [0.5, 0.6) is 0 Å². The molecule has 1 unspecified atom stereocenters. The van der Waals surface area contributed by atoms with E-state index >= 15 is 0 Å². The van der Waals surface area contributed by atoms with Gasteiger partial charge in [-0.25, -0.2) is 0 Å². The van der Waals surface area contributed by atoms with Gasteiger partial charge in [-0.3, -0.25) is 0 Å². The van der Waals surface area contributed by atoms with E-state index in [0.29, 0.717) is 11.1 Å². The molecular weight excluding hydrogens is 415 g/mol. The Kier molecular flexibility index (Phi) is 6.27. The minimum Gasteiger partial charge on any atom is -0.377 e. The smallest absolute Gasteiger partial charge is 0.377 e. The molecule has 0 N–H and O–H groups in total. The van der Waals surface area contributed by atoms with Crippen LogP contribution >= 0.6 is 0 Å². The van der Waals surface area contributed by atoms with Crippen LogP contribution in [0, 0.1) is 0 Å². The lowest BCUT2D eigenvalue weighted by Crippen LogP contribution is -2.61. The second-order valence-corrected chi connectivity index (χ2v) is 6.27. The third kappa shape index (κ3) is 4.36. The topological polar surface area (TPSA) is 9.23 Å². The Morgan fingerprint density at radius 3 is 1.79 bits per heavy atom. The van der Waals surface area contributed by atoms with Gasteiger partial charge in [0.25, 0.3) is 0 Å². The molecular formula is C19H15F9O. The standard InChI is InChI=1S/C19H15F9O/c1-29-15(11-16(20,21)17(22,23)18(24,25)19(26,27)28)14-9-5-8-13(10-14)12-6-3-2-4-7-12/h2-10,15H,11H2,1H3. The molecule has 0 aliphatic heterocycles. The largest absolute Gasteiger partial charge is 0.460 e. The molecule has 10 heteroatoms. The van der Waals surface area contributed by atoms with Crippen molar-refractivity contribution in [3.8, 4) is 11.1 Å². The monoisotopic (exact) mass is 430 g/mol. The molecule has 0 bridgehead atoms. The first-order valence-electron chi connectivity index (χ1n) is 8.13. The average molecular weight is 430 g/mol. The highest BCUT2D eigenvalue weighted by molar-refractivity contribution is 5.64. The van der Waals surface area contributed by atoms with Gasteiger partial charge < -0.3 is 4.74 Å². The number of benzene rings is 2. The zero-order valence-electron chi connectivity index (χ0n) is 14.8. The van der Waals surface area contributed by atoms with E-state index in [-0.39, 0.29) is 5.56 Å². The van der Waals surface area contributed by atoms with Crippen molar-refractivity contribution >= 4 is 0 Å². The average Bonchev–Trinajstić information content (AvgIpc) is 2.65. The molecule has 0 aromatic heterocycles. The number of methoxy groups -OCH3 is 1. The summed E-state index contributed by atoms with van der Waals surface area (Å²) in [5.74, 6) is -19.3. The first kappa shape index (κ1) is 23.1. The van der Waals surface area contributed by atoms with Crippen molar-refractivity contribution in [3.05, 3.63) is 60.2 Å². The fourth-order valence-electron chi connectivity index (χ4n) is 2.66. The summed E-state index contributed by atoms with van der Waals surface area (Å²) in [5.41, 5.74) is 1.05. The Hall–Kier alpha value is -2.23. The third-order valence-corrected chi connectivity index (χ3v) is 4.30. The van der Waals surface area contributed by atoms with E-state index in [9.17, 15) is 39.5 Å². The molecule has 29 heavy (non-hydrogen) atoms. The van der Waals surface area contributed by atoms with Gasteiger partial charge in [0.2, 0.25) is 0 Å². The summed E-state index contributed by atoms with van der Waals surface area (Å²) in [6, 6.07) is 13.9. The second kappa shape index (κ2) is 7.89. The normalized spacial score (nSPS) is 14.7. The van der Waals surface area contributed by atoms with Crippen molar-refractivity contribution in [2.24, 2.45) is 0 Å². The zero-order chi connectivity index (χ0) is 22.1. The Morgan fingerprint density at radius 2 is 1.28 bits per heavy atom. The molecule has 2 rings (SSSR count). The molecule has 0 saturated heterocycles. The molecule has 0 saturated carbocycles. The van der Waals surface area contributed by atoms with Crippen LogP contribution in [-0.2, 0) is 4.74 Å². The highest BCUT2D eigenvalue weighted by atomic mass is 19.4. The molecule has 0 fully saturated rings. The van der Waals surface area contributed by atoms with Crippen LogP contribution in [-0.4, -0.2) is 31.1 Å². The Morgan fingerprint density at radius 1 is 0.724 bits per heavy atom. The number of alkyl halides is 9.